The summed E-state index contributed by atoms with van der Waals surface area (Å²) >= 11 is 0. The Labute approximate surface area is 24.2 Å². The van der Waals surface area contributed by atoms with Crippen LogP contribution >= 0.6 is 0 Å². The highest BCUT2D eigenvalue weighted by Crippen LogP contribution is 1.28. The second kappa shape index (κ2) is 2.38. The fourth-order valence-corrected chi connectivity index (χ4v) is 0. The van der Waals surface area contributed by atoms with E-state index in [4.69, 9.17) is 4.79 Å². The van der Waals surface area contributed by atoms with Gasteiger partial charge in [-0.2, -0.15) is 0 Å². The lowest BCUT2D eigenvalue weighted by molar-refractivity contribution is 0.564. The highest BCUT2D eigenvalue weighted by molar-refractivity contribution is 5.32. The molecule has 0 unspecified atom stereocenters. The Morgan fingerprint density at radius 1 is 2.00 bits per heavy atom. The van der Waals surface area contributed by atoms with E-state index >= 15 is 0 Å². The van der Waals surface area contributed by atoms with E-state index in [2.05, 4.69) is 4.99 Å². The maximum atomic E-state index is 8.88. The van der Waals surface area contributed by atoms with Crippen LogP contribution in [0.5, 0.6) is 0 Å². The zero-order chi connectivity index (χ0) is 3.41. The van der Waals surface area contributed by atoms with Crippen LogP contribution in [0.3, 0.4) is 0 Å². The highest BCUT2D eigenvalue weighted by Gasteiger charge is 1.29. The summed E-state index contributed by atoms with van der Waals surface area (Å²) in [6.07, 6.45) is 1.31. The molecule has 4 heavy (non-hydrogen) atoms. The Morgan fingerprint density at radius 3 is 2.25 bits per heavy atom. The number of hydrogen-bond acceptors (Lipinski definition) is 2. The van der Waals surface area contributed by atoms with E-state index in [1.165, 1.54) is 13.1 Å². The molecule has 0 saturated carbocycles. The smallest absolute Gasteiger partial charge is 0.211 e. The minimum atomic E-state index is 1.31. The topological polar surface area (TPSA) is 29.4 Å². The molecule has 0 atom stereocenters. The fraction of sp³-hybridized carbons (Fsp3) is 0.500. The maximum Gasteiger partial charge on any atom is 0.234 e. The minimum Gasteiger partial charge on any atom is -0.211 e. The highest BCUT2D eigenvalue weighted by atomic mass is 16.1. The molecule has 2 heteroatoms. The van der Waals surface area contributed by atoms with E-state index in [-0.39, 0.29) is 0 Å². The quantitative estimate of drug-likeness (QED) is 0.218. The number of aliphatic imine (C=N–C) groups is 1. The molecule has 0 aromatic carbocycles. The summed E-state index contributed by atoms with van der Waals surface area (Å²) < 4.78 is 0. The Kier molecular flexibility index (Phi) is 2.01. The lowest BCUT2D eigenvalue weighted by atomic mass is 11.5. The molecule has 0 amide bonds. The maximum absolute atomic E-state index is 8.88. The molecule has 0 aliphatic heterocycles. The summed E-state index contributed by atoms with van der Waals surface area (Å²) in [5.41, 5.74) is 0. The molecule has 0 bridgehead atoms. The first kappa shape index (κ1) is 3.38. The van der Waals surface area contributed by atoms with Gasteiger partial charge in [0.25, 0.3) is 0 Å². The zero-order valence-electron chi connectivity index (χ0n) is 2.36. The fourth-order valence-electron chi connectivity index (χ4n) is 0. The van der Waals surface area contributed by atoms with Gasteiger partial charge in [-0.1, -0.05) is 0 Å². The Bertz CT molecular complexity index is 44.0. The van der Waals surface area contributed by atoms with Crippen molar-refractivity contribution in [1.29, 1.82) is 0 Å². The van der Waals surface area contributed by atoms with Gasteiger partial charge in [0.1, 0.15) is 0 Å². The Hall–Kier alpha value is -0.620. The van der Waals surface area contributed by atoms with Gasteiger partial charge < -0.3 is 0 Å². The van der Waals surface area contributed by atoms with Crippen LogP contribution in [-0.4, -0.2) is 13.1 Å². The first-order chi connectivity index (χ1) is 1.91. The number of carbonyl (C=O) groups excluding carboxylic acids is 1. The van der Waals surface area contributed by atoms with Gasteiger partial charge in [0, 0.05) is 7.05 Å². The minimum absolute atomic E-state index is 1.31. The normalized spacial score (nSPS) is 4.25. The van der Waals surface area contributed by atoms with Crippen LogP contribution in [0.15, 0.2) is 4.99 Å². The van der Waals surface area contributed by atoms with Gasteiger partial charge in [0.15, 0.2) is 0 Å². The van der Waals surface area contributed by atoms with Crippen LogP contribution < -0.4 is 0 Å². The van der Waals surface area contributed by atoms with E-state index < -0.39 is 0 Å². The van der Waals surface area contributed by atoms with Gasteiger partial charge in [-0.15, -0.1) is 0 Å². The van der Waals surface area contributed by atoms with Crippen molar-refractivity contribution in [3.05, 3.63) is 0 Å². The molecular formula is C2H3NO. The van der Waals surface area contributed by atoms with Crippen molar-refractivity contribution < 1.29 is 4.79 Å². The molecule has 0 saturated heterocycles. The van der Waals surface area contributed by atoms with E-state index in [9.17, 15) is 0 Å². The lowest BCUT2D eigenvalue weighted by Crippen LogP contribution is -1.38. The van der Waals surface area contributed by atoms with Crippen LogP contribution in [0.4, 0.5) is 0 Å². The van der Waals surface area contributed by atoms with E-state index in [1.54, 1.807) is 0 Å². The summed E-state index contributed by atoms with van der Waals surface area (Å²) in [6.45, 7) is 0. The summed E-state index contributed by atoms with van der Waals surface area (Å²) in [7, 11) is 1.38. The monoisotopic (exact) mass is 58.0 g/mol. The van der Waals surface area contributed by atoms with E-state index in [0.717, 1.165) is 0 Å². The van der Waals surface area contributed by atoms with Crippen molar-refractivity contribution in [2.24, 2.45) is 4.99 Å². The number of isocyanates is 1. The van der Waals surface area contributed by atoms with Crippen molar-refractivity contribution in [2.45, 2.75) is 0 Å². The number of rotatable bonds is 0. The third-order valence-electron chi connectivity index (χ3n) is 0.0913. The molecule has 22 valence electrons. The standard InChI is InChI=1S/C2H3NO/c1-3-2-4/h1H3/i3+1. The average Bonchev–Trinajstić information content (AvgIpc) is 1.37. The summed E-state index contributed by atoms with van der Waals surface area (Å²) in [5.74, 6) is 0. The molecule has 0 aliphatic carbocycles. The van der Waals surface area contributed by atoms with Crippen molar-refractivity contribution in [2.75, 3.05) is 7.05 Å². The van der Waals surface area contributed by atoms with Crippen LogP contribution in [-0.2, 0) is 4.79 Å². The second-order valence-electron chi connectivity index (χ2n) is 0.315. The van der Waals surface area contributed by atoms with Crippen molar-refractivity contribution in [3.8, 4) is 0 Å². The summed E-state index contributed by atoms with van der Waals surface area (Å²) in [4.78, 5) is 11.8. The van der Waals surface area contributed by atoms with Gasteiger partial charge in [-0.25, -0.2) is 9.79 Å². The van der Waals surface area contributed by atoms with Crippen LogP contribution in [0.2, 0.25) is 0 Å². The molecular weight excluding hydrogens is 55.0 g/mol. The van der Waals surface area contributed by atoms with Crippen LogP contribution in [0.25, 0.3) is 0 Å². The van der Waals surface area contributed by atoms with Crippen LogP contribution in [0.1, 0.15) is 0 Å². The first-order valence-corrected chi connectivity index (χ1v) is 0.875. The molecule has 0 N–H and O–H groups in total. The zero-order valence-corrected chi connectivity index (χ0v) is 2.36. The Morgan fingerprint density at radius 2 is 2.25 bits per heavy atom. The molecule has 0 spiro atoms. The SMILES string of the molecule is C[15N]=C=O. The van der Waals surface area contributed by atoms with Gasteiger partial charge >= 0.3 is 0 Å². The van der Waals surface area contributed by atoms with Crippen molar-refractivity contribution in [1.82, 2.24) is 0 Å². The first-order valence-electron chi connectivity index (χ1n) is 0.875. The lowest BCUT2D eigenvalue weighted by Gasteiger charge is -1.36. The van der Waals surface area contributed by atoms with Gasteiger partial charge in [-0.3, -0.25) is 0 Å². The molecule has 0 aromatic heterocycles. The van der Waals surface area contributed by atoms with E-state index in [0.29, 0.717) is 0 Å². The summed E-state index contributed by atoms with van der Waals surface area (Å²) in [5, 5.41) is 0. The molecule has 0 fully saturated rings. The van der Waals surface area contributed by atoms with Gasteiger partial charge in [0.05, 0.1) is 0 Å². The molecule has 0 rings (SSSR count). The Balaban J connectivity index is 3.11. The predicted molar refractivity (Wildman–Crippen MR) is 14.0 cm³/mol. The van der Waals surface area contributed by atoms with Crippen molar-refractivity contribution in [3.63, 3.8) is 0 Å². The average molecular weight is 58.0 g/mol. The molecule has 0 aliphatic rings. The van der Waals surface area contributed by atoms with Crippen LogP contribution in [0, 0.1) is 0 Å². The molecule has 0 radical (unpaired) electrons. The van der Waals surface area contributed by atoms with Gasteiger partial charge in [-0.05, 0) is 0 Å². The number of nitrogens with zero attached hydrogens (tertiary/aromatic N) is 1. The largest absolute Gasteiger partial charge is 0.234 e. The van der Waals surface area contributed by atoms with E-state index in [1.807, 2.05) is 0 Å². The second-order valence-corrected chi connectivity index (χ2v) is 0.315. The number of hydrogen-bond donors (Lipinski definition) is 0. The van der Waals surface area contributed by atoms with Gasteiger partial charge in [0.2, 0.25) is 6.08 Å². The summed E-state index contributed by atoms with van der Waals surface area (Å²) in [6, 6.07) is 0. The third kappa shape index (κ3) is 1.38. The van der Waals surface area contributed by atoms with Crippen molar-refractivity contribution >= 4 is 6.08 Å². The third-order valence-corrected chi connectivity index (χ3v) is 0.0913. The molecule has 2 nitrogen and oxygen atoms in total. The molecule has 0 heterocycles. The molecule has 0 aromatic rings. The predicted octanol–water partition coefficient (Wildman–Crippen LogP) is -0.0480.